The minimum Gasteiger partial charge on any atom is -0.440 e. The van der Waals surface area contributed by atoms with Gasteiger partial charge in [0.2, 0.25) is 0 Å². The third-order valence-electron chi connectivity index (χ3n) is 5.95. The standard InChI is InChI=1S/C21H26N6O3/c28-21(18-15-27(24-23-18)10-9-25-11-13-29-14-12-25)26-7-5-16(6-8-26)20-22-17-3-1-2-4-19(17)30-20/h1-4,15-16H,5-14H2. The van der Waals surface area contributed by atoms with Gasteiger partial charge in [-0.2, -0.15) is 0 Å². The molecule has 2 aliphatic rings. The summed E-state index contributed by atoms with van der Waals surface area (Å²) in [4.78, 5) is 21.7. The lowest BCUT2D eigenvalue weighted by atomic mass is 9.96. The molecule has 0 aliphatic carbocycles. The van der Waals surface area contributed by atoms with E-state index in [4.69, 9.17) is 9.15 Å². The number of carbonyl (C=O) groups is 1. The average Bonchev–Trinajstić information content (AvgIpc) is 3.45. The zero-order valence-electron chi connectivity index (χ0n) is 16.9. The van der Waals surface area contributed by atoms with Crippen molar-refractivity contribution in [1.82, 2.24) is 29.8 Å². The number of nitrogens with zero attached hydrogens (tertiary/aromatic N) is 6. The Bertz CT molecular complexity index is 968. The van der Waals surface area contributed by atoms with E-state index in [2.05, 4.69) is 20.2 Å². The lowest BCUT2D eigenvalue weighted by molar-refractivity contribution is 0.0359. The van der Waals surface area contributed by atoms with Gasteiger partial charge < -0.3 is 14.1 Å². The number of oxazole rings is 1. The molecule has 0 unspecified atom stereocenters. The number of likely N-dealkylation sites (tertiary alicyclic amines) is 1. The van der Waals surface area contributed by atoms with Crippen molar-refractivity contribution in [1.29, 1.82) is 0 Å². The average molecular weight is 410 g/mol. The van der Waals surface area contributed by atoms with Gasteiger partial charge in [-0.3, -0.25) is 14.4 Å². The van der Waals surface area contributed by atoms with Crippen LogP contribution in [-0.2, 0) is 11.3 Å². The summed E-state index contributed by atoms with van der Waals surface area (Å²) in [7, 11) is 0. The highest BCUT2D eigenvalue weighted by atomic mass is 16.5. The highest BCUT2D eigenvalue weighted by molar-refractivity contribution is 5.92. The maximum Gasteiger partial charge on any atom is 0.276 e. The van der Waals surface area contributed by atoms with Crippen molar-refractivity contribution in [3.63, 3.8) is 0 Å². The number of piperidine rings is 1. The van der Waals surface area contributed by atoms with E-state index in [1.165, 1.54) is 0 Å². The smallest absolute Gasteiger partial charge is 0.276 e. The third kappa shape index (κ3) is 4.08. The monoisotopic (exact) mass is 410 g/mol. The molecular weight excluding hydrogens is 384 g/mol. The van der Waals surface area contributed by atoms with Gasteiger partial charge in [-0.15, -0.1) is 5.10 Å². The molecule has 5 rings (SSSR count). The number of morpholine rings is 1. The van der Waals surface area contributed by atoms with E-state index in [1.54, 1.807) is 10.9 Å². The number of para-hydroxylation sites is 2. The summed E-state index contributed by atoms with van der Waals surface area (Å²) >= 11 is 0. The Morgan fingerprint density at radius 2 is 1.87 bits per heavy atom. The Morgan fingerprint density at radius 3 is 2.67 bits per heavy atom. The molecule has 0 bridgehead atoms. The van der Waals surface area contributed by atoms with E-state index in [0.29, 0.717) is 18.8 Å². The topological polar surface area (TPSA) is 89.5 Å². The number of hydrogen-bond donors (Lipinski definition) is 0. The Labute approximate surface area is 174 Å². The van der Waals surface area contributed by atoms with Crippen molar-refractivity contribution in [2.45, 2.75) is 25.3 Å². The highest BCUT2D eigenvalue weighted by Crippen LogP contribution is 2.30. The van der Waals surface area contributed by atoms with Crippen molar-refractivity contribution in [3.05, 3.63) is 42.0 Å². The van der Waals surface area contributed by atoms with Crippen LogP contribution in [0, 0.1) is 0 Å². The summed E-state index contributed by atoms with van der Waals surface area (Å²) in [5.74, 6) is 0.964. The minimum atomic E-state index is -0.0522. The van der Waals surface area contributed by atoms with Gasteiger partial charge in [0.1, 0.15) is 5.52 Å². The molecule has 0 spiro atoms. The number of aromatic nitrogens is 4. The van der Waals surface area contributed by atoms with Crippen molar-refractivity contribution >= 4 is 17.0 Å². The Balaban J connectivity index is 1.15. The molecule has 2 saturated heterocycles. The number of fused-ring (bicyclic) bond motifs is 1. The van der Waals surface area contributed by atoms with Gasteiger partial charge in [0.15, 0.2) is 17.2 Å². The van der Waals surface area contributed by atoms with Gasteiger partial charge in [0.25, 0.3) is 5.91 Å². The molecule has 30 heavy (non-hydrogen) atoms. The molecule has 2 aromatic heterocycles. The SMILES string of the molecule is O=C(c1cn(CCN2CCOCC2)nn1)N1CCC(c2nc3ccccc3o2)CC1. The van der Waals surface area contributed by atoms with Crippen LogP contribution >= 0.6 is 0 Å². The van der Waals surface area contributed by atoms with E-state index in [9.17, 15) is 4.79 Å². The lowest BCUT2D eigenvalue weighted by Crippen LogP contribution is -2.38. The van der Waals surface area contributed by atoms with Crippen LogP contribution in [0.3, 0.4) is 0 Å². The normalized spacial score (nSPS) is 18.9. The van der Waals surface area contributed by atoms with E-state index in [0.717, 1.165) is 69.2 Å². The Morgan fingerprint density at radius 1 is 1.07 bits per heavy atom. The Hall–Kier alpha value is -2.78. The third-order valence-corrected chi connectivity index (χ3v) is 5.95. The van der Waals surface area contributed by atoms with Gasteiger partial charge in [-0.1, -0.05) is 17.3 Å². The predicted octanol–water partition coefficient (Wildman–Crippen LogP) is 1.77. The Kier molecular flexibility index (Phi) is 5.46. The molecule has 158 valence electrons. The minimum absolute atomic E-state index is 0.0522. The summed E-state index contributed by atoms with van der Waals surface area (Å²) in [6, 6.07) is 7.81. The van der Waals surface area contributed by atoms with Crippen LogP contribution in [0.4, 0.5) is 0 Å². The molecule has 0 atom stereocenters. The van der Waals surface area contributed by atoms with Crippen molar-refractivity contribution in [3.8, 4) is 0 Å². The van der Waals surface area contributed by atoms with Crippen LogP contribution in [0.15, 0.2) is 34.9 Å². The van der Waals surface area contributed by atoms with Gasteiger partial charge in [0, 0.05) is 38.6 Å². The lowest BCUT2D eigenvalue weighted by Gasteiger charge is -2.30. The van der Waals surface area contributed by atoms with Crippen molar-refractivity contribution in [2.75, 3.05) is 45.9 Å². The quantitative estimate of drug-likeness (QED) is 0.633. The number of rotatable bonds is 5. The molecule has 3 aromatic rings. The van der Waals surface area contributed by atoms with Crippen molar-refractivity contribution < 1.29 is 13.9 Å². The van der Waals surface area contributed by atoms with Crippen LogP contribution in [0.25, 0.3) is 11.1 Å². The van der Waals surface area contributed by atoms with Crippen LogP contribution in [0.5, 0.6) is 0 Å². The molecule has 0 saturated carbocycles. The predicted molar refractivity (Wildman–Crippen MR) is 109 cm³/mol. The summed E-state index contributed by atoms with van der Waals surface area (Å²) < 4.78 is 13.0. The highest BCUT2D eigenvalue weighted by Gasteiger charge is 2.28. The van der Waals surface area contributed by atoms with Gasteiger partial charge in [-0.25, -0.2) is 4.98 Å². The summed E-state index contributed by atoms with van der Waals surface area (Å²) in [6.45, 7) is 6.38. The summed E-state index contributed by atoms with van der Waals surface area (Å²) in [5, 5.41) is 8.25. The number of hydrogen-bond acceptors (Lipinski definition) is 7. The maximum absolute atomic E-state index is 12.8. The molecule has 2 aliphatic heterocycles. The number of amides is 1. The molecule has 0 N–H and O–H groups in total. The second-order valence-electron chi connectivity index (χ2n) is 7.91. The first-order valence-electron chi connectivity index (χ1n) is 10.6. The van der Waals surface area contributed by atoms with Crippen LogP contribution in [0.2, 0.25) is 0 Å². The first-order chi connectivity index (χ1) is 14.8. The summed E-state index contributed by atoms with van der Waals surface area (Å²) in [6.07, 6.45) is 3.43. The van der Waals surface area contributed by atoms with Crippen molar-refractivity contribution in [2.24, 2.45) is 0 Å². The second-order valence-corrected chi connectivity index (χ2v) is 7.91. The zero-order chi connectivity index (χ0) is 20.3. The molecule has 2 fully saturated rings. The van der Waals surface area contributed by atoms with Gasteiger partial charge >= 0.3 is 0 Å². The van der Waals surface area contributed by atoms with Gasteiger partial charge in [-0.05, 0) is 25.0 Å². The van der Waals surface area contributed by atoms with E-state index < -0.39 is 0 Å². The molecule has 0 radical (unpaired) electrons. The summed E-state index contributed by atoms with van der Waals surface area (Å²) in [5.41, 5.74) is 2.12. The molecular formula is C21H26N6O3. The largest absolute Gasteiger partial charge is 0.440 e. The molecule has 9 heteroatoms. The maximum atomic E-state index is 12.8. The zero-order valence-corrected chi connectivity index (χ0v) is 16.9. The van der Waals surface area contributed by atoms with Crippen LogP contribution in [0.1, 0.15) is 35.1 Å². The fourth-order valence-electron chi connectivity index (χ4n) is 4.13. The first-order valence-corrected chi connectivity index (χ1v) is 10.6. The van der Waals surface area contributed by atoms with Gasteiger partial charge in [0.05, 0.1) is 26.0 Å². The number of benzene rings is 1. The number of carbonyl (C=O) groups excluding carboxylic acids is 1. The fraction of sp³-hybridized carbons (Fsp3) is 0.524. The van der Waals surface area contributed by atoms with E-state index in [1.807, 2.05) is 29.2 Å². The second kappa shape index (κ2) is 8.53. The molecule has 1 aromatic carbocycles. The molecule has 4 heterocycles. The first kappa shape index (κ1) is 19.2. The molecule has 1 amide bonds. The molecule has 9 nitrogen and oxygen atoms in total. The van der Waals surface area contributed by atoms with E-state index in [-0.39, 0.29) is 11.8 Å². The number of ether oxygens (including phenoxy) is 1. The van der Waals surface area contributed by atoms with E-state index >= 15 is 0 Å². The van der Waals surface area contributed by atoms with Crippen LogP contribution < -0.4 is 0 Å². The fourth-order valence-corrected chi connectivity index (χ4v) is 4.13. The van der Waals surface area contributed by atoms with Crippen LogP contribution in [-0.4, -0.2) is 81.6 Å².